The number of tetrazole rings is 1. The van der Waals surface area contributed by atoms with Gasteiger partial charge in [-0.3, -0.25) is 0 Å². The van der Waals surface area contributed by atoms with E-state index in [1.54, 1.807) is 12.1 Å². The standard InChI is InChI=1S/C7H6ClN5/c8-5-3-1-2-4-6(5)13-7(9)10-11-12-13/h1-4H,(H2,9,10,12). The van der Waals surface area contributed by atoms with E-state index in [0.29, 0.717) is 10.7 Å². The third-order valence-corrected chi connectivity index (χ3v) is 1.89. The molecule has 0 radical (unpaired) electrons. The first-order valence-electron chi connectivity index (χ1n) is 3.58. The second-order valence-corrected chi connectivity index (χ2v) is 2.81. The van der Waals surface area contributed by atoms with Crippen LogP contribution in [-0.2, 0) is 0 Å². The predicted octanol–water partition coefficient (Wildman–Crippen LogP) is 0.898. The summed E-state index contributed by atoms with van der Waals surface area (Å²) >= 11 is 5.92. The molecule has 0 saturated heterocycles. The van der Waals surface area contributed by atoms with Gasteiger partial charge in [0.15, 0.2) is 0 Å². The first kappa shape index (κ1) is 8.00. The van der Waals surface area contributed by atoms with Crippen molar-refractivity contribution in [2.24, 2.45) is 0 Å². The van der Waals surface area contributed by atoms with Crippen LogP contribution in [0.3, 0.4) is 0 Å². The smallest absolute Gasteiger partial charge is 0.245 e. The van der Waals surface area contributed by atoms with Crippen molar-refractivity contribution in [2.45, 2.75) is 0 Å². The molecule has 2 aromatic rings. The zero-order valence-electron chi connectivity index (χ0n) is 6.55. The number of rotatable bonds is 1. The van der Waals surface area contributed by atoms with Crippen molar-refractivity contribution in [1.29, 1.82) is 0 Å². The molecule has 0 amide bonds. The van der Waals surface area contributed by atoms with E-state index in [1.165, 1.54) is 4.68 Å². The van der Waals surface area contributed by atoms with Crippen LogP contribution in [0.15, 0.2) is 24.3 Å². The van der Waals surface area contributed by atoms with Gasteiger partial charge in [-0.2, -0.15) is 4.68 Å². The summed E-state index contributed by atoms with van der Waals surface area (Å²) in [7, 11) is 0. The van der Waals surface area contributed by atoms with Crippen molar-refractivity contribution in [3.8, 4) is 5.69 Å². The zero-order chi connectivity index (χ0) is 9.26. The van der Waals surface area contributed by atoms with Crippen LogP contribution in [0, 0.1) is 0 Å². The number of nitrogens with zero attached hydrogens (tertiary/aromatic N) is 4. The minimum absolute atomic E-state index is 0.216. The molecule has 0 spiro atoms. The highest BCUT2D eigenvalue weighted by Crippen LogP contribution is 2.19. The van der Waals surface area contributed by atoms with Crippen LogP contribution < -0.4 is 5.73 Å². The summed E-state index contributed by atoms with van der Waals surface area (Å²) in [6.45, 7) is 0. The average molecular weight is 196 g/mol. The Kier molecular flexibility index (Phi) is 1.86. The number of para-hydroxylation sites is 1. The molecular formula is C7H6ClN5. The molecule has 1 heterocycles. The van der Waals surface area contributed by atoms with Crippen molar-refractivity contribution in [3.63, 3.8) is 0 Å². The molecule has 1 aromatic carbocycles. The summed E-state index contributed by atoms with van der Waals surface area (Å²) in [6, 6.07) is 7.20. The van der Waals surface area contributed by atoms with Crippen LogP contribution in [0.5, 0.6) is 0 Å². The van der Waals surface area contributed by atoms with Gasteiger partial charge in [0.05, 0.1) is 10.7 Å². The average Bonchev–Trinajstić information content (AvgIpc) is 2.52. The van der Waals surface area contributed by atoms with Crippen LogP contribution in [-0.4, -0.2) is 20.2 Å². The van der Waals surface area contributed by atoms with E-state index in [9.17, 15) is 0 Å². The van der Waals surface area contributed by atoms with Crippen LogP contribution in [0.1, 0.15) is 0 Å². The van der Waals surface area contributed by atoms with Gasteiger partial charge in [0.1, 0.15) is 0 Å². The van der Waals surface area contributed by atoms with Gasteiger partial charge in [-0.05, 0) is 22.6 Å². The molecule has 13 heavy (non-hydrogen) atoms. The highest BCUT2D eigenvalue weighted by atomic mass is 35.5. The predicted molar refractivity (Wildman–Crippen MR) is 48.6 cm³/mol. The fourth-order valence-electron chi connectivity index (χ4n) is 0.989. The topological polar surface area (TPSA) is 69.6 Å². The van der Waals surface area contributed by atoms with Gasteiger partial charge in [-0.15, -0.1) is 0 Å². The minimum atomic E-state index is 0.216. The molecule has 2 N–H and O–H groups in total. The number of aromatic nitrogens is 4. The van der Waals surface area contributed by atoms with Crippen LogP contribution in [0.2, 0.25) is 5.02 Å². The SMILES string of the molecule is Nc1nnnn1-c1ccccc1Cl. The van der Waals surface area contributed by atoms with E-state index in [-0.39, 0.29) is 5.95 Å². The second-order valence-electron chi connectivity index (χ2n) is 2.40. The lowest BCUT2D eigenvalue weighted by Crippen LogP contribution is -2.02. The molecule has 0 saturated carbocycles. The third-order valence-electron chi connectivity index (χ3n) is 1.57. The maximum atomic E-state index is 5.92. The number of hydrogen-bond acceptors (Lipinski definition) is 4. The fourth-order valence-corrected chi connectivity index (χ4v) is 1.20. The molecule has 0 aliphatic carbocycles. The Morgan fingerprint density at radius 1 is 1.31 bits per heavy atom. The Hall–Kier alpha value is -1.62. The monoisotopic (exact) mass is 195 g/mol. The van der Waals surface area contributed by atoms with Crippen molar-refractivity contribution in [2.75, 3.05) is 5.73 Å². The maximum absolute atomic E-state index is 5.92. The summed E-state index contributed by atoms with van der Waals surface area (Å²) in [6.07, 6.45) is 0. The zero-order valence-corrected chi connectivity index (χ0v) is 7.31. The number of hydrogen-bond donors (Lipinski definition) is 1. The summed E-state index contributed by atoms with van der Waals surface area (Å²) in [5.74, 6) is 0.216. The number of nitrogens with two attached hydrogens (primary N) is 1. The van der Waals surface area contributed by atoms with E-state index in [4.69, 9.17) is 17.3 Å². The van der Waals surface area contributed by atoms with Crippen molar-refractivity contribution >= 4 is 17.5 Å². The van der Waals surface area contributed by atoms with E-state index in [2.05, 4.69) is 15.5 Å². The number of halogens is 1. The van der Waals surface area contributed by atoms with Gasteiger partial charge in [0.2, 0.25) is 5.95 Å². The number of benzene rings is 1. The molecule has 6 heteroatoms. The van der Waals surface area contributed by atoms with E-state index in [0.717, 1.165) is 0 Å². The maximum Gasteiger partial charge on any atom is 0.245 e. The van der Waals surface area contributed by atoms with Crippen molar-refractivity contribution in [1.82, 2.24) is 20.2 Å². The summed E-state index contributed by atoms with van der Waals surface area (Å²) in [5.41, 5.74) is 6.18. The van der Waals surface area contributed by atoms with Gasteiger partial charge < -0.3 is 5.73 Å². The highest BCUT2D eigenvalue weighted by Gasteiger charge is 2.06. The summed E-state index contributed by atoms with van der Waals surface area (Å²) in [4.78, 5) is 0. The summed E-state index contributed by atoms with van der Waals surface area (Å²) in [5, 5.41) is 11.2. The lowest BCUT2D eigenvalue weighted by atomic mass is 10.3. The molecule has 0 fully saturated rings. The highest BCUT2D eigenvalue weighted by molar-refractivity contribution is 6.32. The first-order chi connectivity index (χ1) is 6.29. The lowest BCUT2D eigenvalue weighted by Gasteiger charge is -2.02. The molecule has 0 unspecified atom stereocenters. The normalized spacial score (nSPS) is 10.2. The Morgan fingerprint density at radius 2 is 2.08 bits per heavy atom. The second kappa shape index (κ2) is 3.02. The van der Waals surface area contributed by atoms with Gasteiger partial charge in [0, 0.05) is 0 Å². The summed E-state index contributed by atoms with van der Waals surface area (Å²) < 4.78 is 1.38. The molecule has 0 aliphatic rings. The van der Waals surface area contributed by atoms with Crippen molar-refractivity contribution in [3.05, 3.63) is 29.3 Å². The van der Waals surface area contributed by atoms with Crippen LogP contribution in [0.4, 0.5) is 5.95 Å². The van der Waals surface area contributed by atoms with E-state index < -0.39 is 0 Å². The van der Waals surface area contributed by atoms with Crippen LogP contribution >= 0.6 is 11.6 Å². The molecule has 5 nitrogen and oxygen atoms in total. The Morgan fingerprint density at radius 3 is 2.69 bits per heavy atom. The molecule has 1 aromatic heterocycles. The Bertz CT molecular complexity index is 424. The molecular weight excluding hydrogens is 190 g/mol. The number of anilines is 1. The quantitative estimate of drug-likeness (QED) is 0.734. The van der Waals surface area contributed by atoms with Gasteiger partial charge in [-0.25, -0.2) is 0 Å². The third kappa shape index (κ3) is 1.33. The fraction of sp³-hybridized carbons (Fsp3) is 0. The molecule has 0 atom stereocenters. The Balaban J connectivity index is 2.59. The minimum Gasteiger partial charge on any atom is -0.366 e. The lowest BCUT2D eigenvalue weighted by molar-refractivity contribution is 0.792. The molecule has 66 valence electrons. The molecule has 0 bridgehead atoms. The van der Waals surface area contributed by atoms with Gasteiger partial charge in [-0.1, -0.05) is 28.8 Å². The molecule has 2 rings (SSSR count). The van der Waals surface area contributed by atoms with Gasteiger partial charge in [0.25, 0.3) is 0 Å². The largest absolute Gasteiger partial charge is 0.366 e. The van der Waals surface area contributed by atoms with E-state index >= 15 is 0 Å². The first-order valence-corrected chi connectivity index (χ1v) is 3.95. The van der Waals surface area contributed by atoms with Crippen LogP contribution in [0.25, 0.3) is 5.69 Å². The van der Waals surface area contributed by atoms with Gasteiger partial charge >= 0.3 is 0 Å². The molecule has 0 aliphatic heterocycles. The number of nitrogen functional groups attached to an aromatic ring is 1. The van der Waals surface area contributed by atoms with E-state index in [1.807, 2.05) is 12.1 Å². The Labute approximate surface area is 79.1 Å². The van der Waals surface area contributed by atoms with Crippen molar-refractivity contribution < 1.29 is 0 Å².